The van der Waals surface area contributed by atoms with Crippen molar-refractivity contribution in [3.8, 4) is 0 Å². The van der Waals surface area contributed by atoms with Crippen LogP contribution >= 0.6 is 12.2 Å². The van der Waals surface area contributed by atoms with Crippen LogP contribution in [-0.2, 0) is 10.9 Å². The second-order valence-corrected chi connectivity index (χ2v) is 5.45. The van der Waals surface area contributed by atoms with Crippen molar-refractivity contribution in [2.24, 2.45) is 5.10 Å². The SMILES string of the molecule is FC(F)(F)c1cccc(/C=N\n2c([C@H]3CCCO3)n[nH]c2=S)c1. The van der Waals surface area contributed by atoms with Crippen LogP contribution in [0.2, 0.25) is 0 Å². The Morgan fingerprint density at radius 2 is 2.26 bits per heavy atom. The summed E-state index contributed by atoms with van der Waals surface area (Å²) in [5, 5.41) is 10.9. The first-order valence-electron chi connectivity index (χ1n) is 6.96. The summed E-state index contributed by atoms with van der Waals surface area (Å²) in [6, 6.07) is 4.91. The molecule has 0 spiro atoms. The van der Waals surface area contributed by atoms with Gasteiger partial charge < -0.3 is 4.74 Å². The summed E-state index contributed by atoms with van der Waals surface area (Å²) >= 11 is 5.10. The Morgan fingerprint density at radius 3 is 2.96 bits per heavy atom. The van der Waals surface area contributed by atoms with Crippen molar-refractivity contribution >= 4 is 18.4 Å². The number of aromatic nitrogens is 3. The largest absolute Gasteiger partial charge is 0.416 e. The second kappa shape index (κ2) is 6.25. The third-order valence-corrected chi connectivity index (χ3v) is 3.69. The lowest BCUT2D eigenvalue weighted by Gasteiger charge is -2.08. The third kappa shape index (κ3) is 3.50. The van der Waals surface area contributed by atoms with Crippen molar-refractivity contribution in [1.29, 1.82) is 0 Å². The first kappa shape index (κ1) is 15.9. The summed E-state index contributed by atoms with van der Waals surface area (Å²) in [5.74, 6) is 0.524. The maximum Gasteiger partial charge on any atom is 0.416 e. The average Bonchev–Trinajstić information content (AvgIpc) is 3.14. The highest BCUT2D eigenvalue weighted by molar-refractivity contribution is 7.71. The minimum Gasteiger partial charge on any atom is -0.370 e. The zero-order chi connectivity index (χ0) is 16.4. The summed E-state index contributed by atoms with van der Waals surface area (Å²) in [6.07, 6.45) is -1.56. The Bertz CT molecular complexity index is 775. The monoisotopic (exact) mass is 342 g/mol. The number of H-pyrrole nitrogens is 1. The van der Waals surface area contributed by atoms with Gasteiger partial charge in [-0.05, 0) is 42.8 Å². The molecule has 1 aromatic heterocycles. The lowest BCUT2D eigenvalue weighted by Crippen LogP contribution is -2.06. The van der Waals surface area contributed by atoms with Gasteiger partial charge in [0.05, 0.1) is 11.8 Å². The standard InChI is InChI=1S/C14H13F3N4OS/c15-14(16,17)10-4-1-3-9(7-10)8-18-21-12(19-20-13(21)23)11-5-2-6-22-11/h1,3-4,7-8,11H,2,5-6H2,(H,20,23)/b18-8-/t11-/m1/s1. The van der Waals surface area contributed by atoms with Crippen LogP contribution in [0.1, 0.15) is 35.9 Å². The predicted octanol–water partition coefficient (Wildman–Crippen LogP) is 3.69. The van der Waals surface area contributed by atoms with E-state index in [9.17, 15) is 13.2 Å². The van der Waals surface area contributed by atoms with Crippen LogP contribution in [0.15, 0.2) is 29.4 Å². The molecule has 0 unspecified atom stereocenters. The molecule has 0 saturated carbocycles. The summed E-state index contributed by atoms with van der Waals surface area (Å²) < 4.78 is 45.3. The molecule has 122 valence electrons. The summed E-state index contributed by atoms with van der Waals surface area (Å²) in [7, 11) is 0. The van der Waals surface area contributed by atoms with Gasteiger partial charge in [0, 0.05) is 6.61 Å². The maximum absolute atomic E-state index is 12.7. The fraction of sp³-hybridized carbons (Fsp3) is 0.357. The third-order valence-electron chi connectivity index (χ3n) is 3.43. The number of aromatic amines is 1. The first-order chi connectivity index (χ1) is 10.9. The molecule has 1 aliphatic rings. The van der Waals surface area contributed by atoms with Gasteiger partial charge in [-0.3, -0.25) is 5.10 Å². The molecular formula is C14H13F3N4OS. The van der Waals surface area contributed by atoms with Crippen molar-refractivity contribution in [2.75, 3.05) is 6.61 Å². The quantitative estimate of drug-likeness (QED) is 0.684. The van der Waals surface area contributed by atoms with Crippen LogP contribution in [0.3, 0.4) is 0 Å². The molecule has 1 atom stereocenters. The number of halogens is 3. The molecule has 5 nitrogen and oxygen atoms in total. The highest BCUT2D eigenvalue weighted by atomic mass is 32.1. The minimum absolute atomic E-state index is 0.207. The van der Waals surface area contributed by atoms with Crippen molar-refractivity contribution in [3.05, 3.63) is 46.0 Å². The molecule has 2 aromatic rings. The van der Waals surface area contributed by atoms with Crippen molar-refractivity contribution in [3.63, 3.8) is 0 Å². The smallest absolute Gasteiger partial charge is 0.370 e. The van der Waals surface area contributed by atoms with Crippen LogP contribution in [0, 0.1) is 4.77 Å². The van der Waals surface area contributed by atoms with Gasteiger partial charge in [0.2, 0.25) is 4.77 Å². The van der Waals surface area contributed by atoms with E-state index in [4.69, 9.17) is 17.0 Å². The number of benzene rings is 1. The number of nitrogens with one attached hydrogen (secondary N) is 1. The fourth-order valence-electron chi connectivity index (χ4n) is 2.32. The van der Waals surface area contributed by atoms with E-state index in [0.29, 0.717) is 18.0 Å². The Balaban J connectivity index is 1.89. The van der Waals surface area contributed by atoms with Crippen LogP contribution < -0.4 is 0 Å². The molecule has 1 fully saturated rings. The van der Waals surface area contributed by atoms with Gasteiger partial charge in [-0.2, -0.15) is 28.0 Å². The van der Waals surface area contributed by atoms with Crippen LogP contribution in [-0.4, -0.2) is 27.7 Å². The number of alkyl halides is 3. The Labute approximate surface area is 134 Å². The van der Waals surface area contributed by atoms with E-state index in [1.807, 2.05) is 0 Å². The lowest BCUT2D eigenvalue weighted by molar-refractivity contribution is -0.137. The summed E-state index contributed by atoms with van der Waals surface area (Å²) in [4.78, 5) is 0. The molecule has 1 saturated heterocycles. The zero-order valence-corrected chi connectivity index (χ0v) is 12.7. The molecule has 9 heteroatoms. The van der Waals surface area contributed by atoms with Crippen molar-refractivity contribution < 1.29 is 17.9 Å². The van der Waals surface area contributed by atoms with Gasteiger partial charge in [0.15, 0.2) is 5.82 Å². The average molecular weight is 342 g/mol. The van der Waals surface area contributed by atoms with E-state index in [-0.39, 0.29) is 10.9 Å². The Morgan fingerprint density at radius 1 is 1.43 bits per heavy atom. The predicted molar refractivity (Wildman–Crippen MR) is 79.8 cm³/mol. The van der Waals surface area contributed by atoms with Crippen LogP contribution in [0.5, 0.6) is 0 Å². The van der Waals surface area contributed by atoms with Crippen molar-refractivity contribution in [2.45, 2.75) is 25.1 Å². The molecule has 1 aromatic carbocycles. The highest BCUT2D eigenvalue weighted by Crippen LogP contribution is 2.29. The van der Waals surface area contributed by atoms with E-state index in [1.54, 1.807) is 0 Å². The first-order valence-corrected chi connectivity index (χ1v) is 7.36. The van der Waals surface area contributed by atoms with Gasteiger partial charge in [-0.25, -0.2) is 0 Å². The number of hydrogen-bond donors (Lipinski definition) is 1. The molecule has 1 N–H and O–H groups in total. The molecule has 0 amide bonds. The number of ether oxygens (including phenoxy) is 1. The molecule has 1 aliphatic heterocycles. The molecule has 2 heterocycles. The van der Waals surface area contributed by atoms with Crippen molar-refractivity contribution in [1.82, 2.24) is 14.9 Å². The number of hydrogen-bond acceptors (Lipinski definition) is 4. The Hall–Kier alpha value is -2.00. The van der Waals surface area contributed by atoms with Gasteiger partial charge >= 0.3 is 6.18 Å². The van der Waals surface area contributed by atoms with Crippen LogP contribution in [0.25, 0.3) is 0 Å². The molecule has 23 heavy (non-hydrogen) atoms. The highest BCUT2D eigenvalue weighted by Gasteiger charge is 2.30. The van der Waals surface area contributed by atoms with E-state index in [2.05, 4.69) is 15.3 Å². The zero-order valence-electron chi connectivity index (χ0n) is 11.9. The van der Waals surface area contributed by atoms with Gasteiger partial charge in [-0.15, -0.1) is 0 Å². The van der Waals surface area contributed by atoms with Gasteiger partial charge in [0.25, 0.3) is 0 Å². The molecular weight excluding hydrogens is 329 g/mol. The topological polar surface area (TPSA) is 55.2 Å². The maximum atomic E-state index is 12.7. The number of rotatable bonds is 3. The fourth-order valence-corrected chi connectivity index (χ4v) is 2.51. The van der Waals surface area contributed by atoms with Gasteiger partial charge in [-0.1, -0.05) is 12.1 Å². The molecule has 0 radical (unpaired) electrons. The van der Waals surface area contributed by atoms with Crippen LogP contribution in [0.4, 0.5) is 13.2 Å². The number of nitrogens with zero attached hydrogens (tertiary/aromatic N) is 3. The normalized spacial score (nSPS) is 18.8. The van der Waals surface area contributed by atoms with E-state index in [0.717, 1.165) is 25.0 Å². The Kier molecular flexibility index (Phi) is 4.31. The van der Waals surface area contributed by atoms with E-state index >= 15 is 0 Å². The molecule has 0 aliphatic carbocycles. The van der Waals surface area contributed by atoms with E-state index < -0.39 is 11.7 Å². The van der Waals surface area contributed by atoms with Gasteiger partial charge in [0.1, 0.15) is 6.10 Å². The van der Waals surface area contributed by atoms with E-state index in [1.165, 1.54) is 23.0 Å². The summed E-state index contributed by atoms with van der Waals surface area (Å²) in [6.45, 7) is 0.641. The molecule has 3 rings (SSSR count). The second-order valence-electron chi connectivity index (χ2n) is 5.07. The lowest BCUT2D eigenvalue weighted by atomic mass is 10.1. The summed E-state index contributed by atoms with van der Waals surface area (Å²) in [5.41, 5.74) is -0.405. The molecule has 0 bridgehead atoms. The minimum atomic E-state index is -4.39.